The first-order valence-electron chi connectivity index (χ1n) is 12.0. The molecule has 1 aliphatic rings. The number of nitrogens with zero attached hydrogens (tertiary/aromatic N) is 1. The van der Waals surface area contributed by atoms with Gasteiger partial charge in [-0.3, -0.25) is 14.4 Å². The van der Waals surface area contributed by atoms with E-state index in [4.69, 9.17) is 21.1 Å². The van der Waals surface area contributed by atoms with E-state index in [2.05, 4.69) is 26.1 Å². The number of ether oxygens (including phenoxy) is 2. The third-order valence-corrected chi connectivity index (χ3v) is 6.39. The van der Waals surface area contributed by atoms with Gasteiger partial charge in [-0.25, -0.2) is 0 Å². The lowest BCUT2D eigenvalue weighted by Crippen LogP contribution is -2.28. The maximum absolute atomic E-state index is 12.6. The van der Waals surface area contributed by atoms with Crippen LogP contribution < -0.4 is 15.0 Å². The van der Waals surface area contributed by atoms with E-state index in [-0.39, 0.29) is 24.3 Å². The van der Waals surface area contributed by atoms with Crippen LogP contribution in [0.2, 0.25) is 5.02 Å². The average molecular weight is 521 g/mol. The highest BCUT2D eigenvalue weighted by molar-refractivity contribution is 6.33. The minimum atomic E-state index is -0.655. The summed E-state index contributed by atoms with van der Waals surface area (Å²) in [6.45, 7) is 6.19. The van der Waals surface area contributed by atoms with Crippen LogP contribution in [-0.4, -0.2) is 30.9 Å². The summed E-state index contributed by atoms with van der Waals surface area (Å²) in [6.07, 6.45) is 0.0172. The molecule has 7 nitrogen and oxygen atoms in total. The minimum absolute atomic E-state index is 0.0172. The Kier molecular flexibility index (Phi) is 7.83. The van der Waals surface area contributed by atoms with Gasteiger partial charge in [0.25, 0.3) is 5.91 Å². The molecule has 0 saturated carbocycles. The van der Waals surface area contributed by atoms with Gasteiger partial charge in [-0.15, -0.1) is 0 Å². The summed E-state index contributed by atoms with van der Waals surface area (Å²) in [4.78, 5) is 38.8. The number of para-hydroxylation sites is 1. The lowest BCUT2D eigenvalue weighted by molar-refractivity contribution is -0.151. The summed E-state index contributed by atoms with van der Waals surface area (Å²) >= 11 is 6.02. The number of halogens is 1. The van der Waals surface area contributed by atoms with Gasteiger partial charge in [-0.1, -0.05) is 56.6 Å². The molecule has 0 radical (unpaired) electrons. The molecule has 0 bridgehead atoms. The van der Waals surface area contributed by atoms with E-state index in [0.29, 0.717) is 22.1 Å². The maximum Gasteiger partial charge on any atom is 0.311 e. The number of hydrogen-bond donors (Lipinski definition) is 1. The molecule has 3 aromatic rings. The van der Waals surface area contributed by atoms with Crippen LogP contribution in [0.15, 0.2) is 72.8 Å². The Morgan fingerprint density at radius 1 is 0.973 bits per heavy atom. The highest BCUT2D eigenvalue weighted by Gasteiger charge is 2.36. The number of rotatable bonds is 7. The number of amides is 2. The number of hydrogen-bond acceptors (Lipinski definition) is 5. The van der Waals surface area contributed by atoms with Crippen LogP contribution in [0.25, 0.3) is 0 Å². The molecule has 1 fully saturated rings. The zero-order valence-electron chi connectivity index (χ0n) is 21.0. The molecular formula is C29H29ClN2O5. The molecule has 37 heavy (non-hydrogen) atoms. The highest BCUT2D eigenvalue weighted by Crippen LogP contribution is 2.30. The quantitative estimate of drug-likeness (QED) is 0.388. The third kappa shape index (κ3) is 6.68. The first kappa shape index (κ1) is 26.2. The van der Waals surface area contributed by atoms with E-state index in [1.165, 1.54) is 10.5 Å². The van der Waals surface area contributed by atoms with Crippen molar-refractivity contribution in [2.75, 3.05) is 23.4 Å². The van der Waals surface area contributed by atoms with Crippen molar-refractivity contribution >= 4 is 40.8 Å². The second kappa shape index (κ2) is 11.0. The number of carbonyl (C=O) groups excluding carboxylic acids is 3. The van der Waals surface area contributed by atoms with Crippen molar-refractivity contribution < 1.29 is 23.9 Å². The van der Waals surface area contributed by atoms with Gasteiger partial charge in [0.05, 0.1) is 16.6 Å². The Hall–Kier alpha value is -3.84. The third-order valence-electron chi connectivity index (χ3n) is 6.06. The largest absolute Gasteiger partial charge is 0.457 e. The Labute approximate surface area is 221 Å². The molecule has 1 heterocycles. The number of benzene rings is 3. The summed E-state index contributed by atoms with van der Waals surface area (Å²) < 4.78 is 11.1. The molecule has 0 aromatic heterocycles. The van der Waals surface area contributed by atoms with Gasteiger partial charge in [0.15, 0.2) is 6.61 Å². The Balaban J connectivity index is 1.29. The van der Waals surface area contributed by atoms with Crippen molar-refractivity contribution in [3.63, 3.8) is 0 Å². The summed E-state index contributed by atoms with van der Waals surface area (Å²) in [6, 6.07) is 21.9. The van der Waals surface area contributed by atoms with Gasteiger partial charge in [-0.05, 0) is 59.5 Å². The average Bonchev–Trinajstić information content (AvgIpc) is 3.26. The summed E-state index contributed by atoms with van der Waals surface area (Å²) in [7, 11) is 0. The molecule has 3 aromatic carbocycles. The lowest BCUT2D eigenvalue weighted by Gasteiger charge is -2.19. The van der Waals surface area contributed by atoms with E-state index in [9.17, 15) is 14.4 Å². The number of carbonyl (C=O) groups is 3. The number of nitrogens with one attached hydrogen (secondary N) is 1. The van der Waals surface area contributed by atoms with Crippen LogP contribution in [0.4, 0.5) is 11.4 Å². The minimum Gasteiger partial charge on any atom is -0.457 e. The summed E-state index contributed by atoms with van der Waals surface area (Å²) in [5.74, 6) is -0.583. The molecule has 1 atom stereocenters. The van der Waals surface area contributed by atoms with Crippen LogP contribution in [0.5, 0.6) is 11.5 Å². The van der Waals surface area contributed by atoms with E-state index in [0.717, 1.165) is 5.75 Å². The fourth-order valence-corrected chi connectivity index (χ4v) is 4.15. The summed E-state index contributed by atoms with van der Waals surface area (Å²) in [5, 5.41) is 2.98. The van der Waals surface area contributed by atoms with Crippen LogP contribution in [0.3, 0.4) is 0 Å². The predicted molar refractivity (Wildman–Crippen MR) is 143 cm³/mol. The molecule has 2 amide bonds. The normalized spacial score (nSPS) is 15.4. The molecule has 1 aliphatic heterocycles. The predicted octanol–water partition coefficient (Wildman–Crippen LogP) is 5.96. The second-order valence-corrected chi connectivity index (χ2v) is 10.3. The van der Waals surface area contributed by atoms with Crippen molar-refractivity contribution in [2.45, 2.75) is 32.6 Å². The van der Waals surface area contributed by atoms with Gasteiger partial charge in [0, 0.05) is 18.7 Å². The molecular weight excluding hydrogens is 492 g/mol. The highest BCUT2D eigenvalue weighted by atomic mass is 35.5. The molecule has 0 aliphatic carbocycles. The zero-order valence-corrected chi connectivity index (χ0v) is 21.7. The van der Waals surface area contributed by atoms with Gasteiger partial charge in [0.2, 0.25) is 5.91 Å². The molecule has 1 N–H and O–H groups in total. The molecule has 4 rings (SSSR count). The number of esters is 1. The van der Waals surface area contributed by atoms with Crippen molar-refractivity contribution in [1.29, 1.82) is 0 Å². The zero-order chi connectivity index (χ0) is 26.6. The van der Waals surface area contributed by atoms with Crippen LogP contribution in [0, 0.1) is 5.92 Å². The molecule has 192 valence electrons. The fourth-order valence-electron chi connectivity index (χ4n) is 3.97. The maximum atomic E-state index is 12.6. The molecule has 0 unspecified atom stereocenters. The monoisotopic (exact) mass is 520 g/mol. The van der Waals surface area contributed by atoms with Crippen LogP contribution in [0.1, 0.15) is 32.8 Å². The Morgan fingerprint density at radius 3 is 2.22 bits per heavy atom. The van der Waals surface area contributed by atoms with Crippen LogP contribution >= 0.6 is 11.6 Å². The van der Waals surface area contributed by atoms with Gasteiger partial charge in [-0.2, -0.15) is 0 Å². The number of anilines is 2. The first-order chi connectivity index (χ1) is 17.6. The summed E-state index contributed by atoms with van der Waals surface area (Å²) in [5.41, 5.74) is 2.38. The van der Waals surface area contributed by atoms with E-state index >= 15 is 0 Å². The van der Waals surface area contributed by atoms with Crippen molar-refractivity contribution in [1.82, 2.24) is 0 Å². The van der Waals surface area contributed by atoms with Crippen molar-refractivity contribution in [2.24, 2.45) is 5.92 Å². The van der Waals surface area contributed by atoms with E-state index in [1.54, 1.807) is 48.5 Å². The van der Waals surface area contributed by atoms with E-state index in [1.807, 2.05) is 24.3 Å². The van der Waals surface area contributed by atoms with Gasteiger partial charge >= 0.3 is 5.97 Å². The van der Waals surface area contributed by atoms with E-state index < -0.39 is 24.4 Å². The van der Waals surface area contributed by atoms with Crippen molar-refractivity contribution in [3.05, 3.63) is 83.4 Å². The SMILES string of the molecule is CC(C)(C)c1ccc(Oc2ccc(N3C[C@H](C(=O)OCC(=O)Nc4ccccc4Cl)CC3=O)cc2)cc1. The molecule has 8 heteroatoms. The van der Waals surface area contributed by atoms with Gasteiger partial charge in [0.1, 0.15) is 11.5 Å². The first-order valence-corrected chi connectivity index (χ1v) is 12.4. The second-order valence-electron chi connectivity index (χ2n) is 9.91. The standard InChI is InChI=1S/C29H29ClN2O5/c1-29(2,3)20-8-12-22(13-9-20)37-23-14-10-21(11-15-23)32-17-19(16-27(32)34)28(35)36-18-26(33)31-25-7-5-4-6-24(25)30/h4-15,19H,16-18H2,1-3H3,(H,31,33)/t19-/m1/s1. The lowest BCUT2D eigenvalue weighted by atomic mass is 9.87. The molecule has 1 saturated heterocycles. The molecule has 0 spiro atoms. The Morgan fingerprint density at radius 2 is 1.59 bits per heavy atom. The Bertz CT molecular complexity index is 1280. The van der Waals surface area contributed by atoms with Gasteiger partial charge < -0.3 is 19.7 Å². The van der Waals surface area contributed by atoms with Crippen molar-refractivity contribution in [3.8, 4) is 11.5 Å². The van der Waals surface area contributed by atoms with Crippen LogP contribution in [-0.2, 0) is 24.5 Å². The topological polar surface area (TPSA) is 84.9 Å². The smallest absolute Gasteiger partial charge is 0.311 e. The fraction of sp³-hybridized carbons (Fsp3) is 0.276.